The molecule has 0 spiro atoms. The summed E-state index contributed by atoms with van der Waals surface area (Å²) < 4.78 is 31.5. The molecular weight excluding hydrogens is 312 g/mol. The Morgan fingerprint density at radius 1 is 1.45 bits per heavy atom. The van der Waals surface area contributed by atoms with Crippen molar-refractivity contribution in [2.45, 2.75) is 37.1 Å². The second kappa shape index (κ2) is 6.32. The molecule has 0 aliphatic rings. The number of rotatable bonds is 7. The molecule has 120 valence electrons. The zero-order valence-electron chi connectivity index (χ0n) is 11.8. The van der Waals surface area contributed by atoms with Gasteiger partial charge in [0.05, 0.1) is 10.4 Å². The largest absolute Gasteiger partial charge is 0.480 e. The lowest BCUT2D eigenvalue weighted by atomic mass is 10.1. The molecule has 0 aliphatic heterocycles. The predicted octanol–water partition coefficient (Wildman–Crippen LogP) is 1.04. The Kier molecular flexibility index (Phi) is 4.67. The third kappa shape index (κ3) is 3.55. The Labute approximate surface area is 126 Å². The van der Waals surface area contributed by atoms with Crippen LogP contribution in [0.5, 0.6) is 0 Å². The summed E-state index contributed by atoms with van der Waals surface area (Å²) in [6.07, 6.45) is 1.55. The number of H-pyrrole nitrogens is 1. The maximum absolute atomic E-state index is 12.3. The summed E-state index contributed by atoms with van der Waals surface area (Å²) >= 11 is 0. The number of unbranched alkanes of at least 4 members (excludes halogenated alkanes) is 1. The average molecular weight is 328 g/mol. The number of aromatic amines is 1. The number of sulfonamides is 1. The van der Waals surface area contributed by atoms with Crippen LogP contribution in [0.4, 0.5) is 0 Å². The van der Waals surface area contributed by atoms with Crippen LogP contribution in [0, 0.1) is 0 Å². The van der Waals surface area contributed by atoms with E-state index in [2.05, 4.69) is 9.71 Å². The fraction of sp³-hybridized carbons (Fsp3) is 0.385. The van der Waals surface area contributed by atoms with E-state index in [0.29, 0.717) is 11.9 Å². The molecule has 0 amide bonds. The third-order valence-corrected chi connectivity index (χ3v) is 4.61. The number of aliphatic carboxylic acids is 1. The standard InChI is InChI=1S/C13H16N2O6S/c1-2-3-4-10(12(16)17)15-22(19,20)8-5-6-9-11(7-8)21-13(18)14-9/h5-7,10,15H,2-4H2,1H3,(H,14,18)(H,16,17). The monoisotopic (exact) mass is 328 g/mol. The molecule has 1 aromatic heterocycles. The number of carboxylic acids is 1. The Balaban J connectivity index is 2.30. The highest BCUT2D eigenvalue weighted by Gasteiger charge is 2.25. The van der Waals surface area contributed by atoms with Gasteiger partial charge in [-0.1, -0.05) is 19.8 Å². The molecule has 2 rings (SSSR count). The molecule has 0 saturated carbocycles. The quantitative estimate of drug-likeness (QED) is 0.696. The van der Waals surface area contributed by atoms with E-state index in [-0.39, 0.29) is 16.9 Å². The molecule has 0 bridgehead atoms. The molecule has 0 saturated heterocycles. The van der Waals surface area contributed by atoms with Gasteiger partial charge in [-0.25, -0.2) is 13.2 Å². The molecule has 0 radical (unpaired) electrons. The van der Waals surface area contributed by atoms with Crippen LogP contribution in [0.2, 0.25) is 0 Å². The van der Waals surface area contributed by atoms with Crippen LogP contribution in [0.25, 0.3) is 11.1 Å². The summed E-state index contributed by atoms with van der Waals surface area (Å²) in [6.45, 7) is 1.88. The van der Waals surface area contributed by atoms with Gasteiger partial charge in [-0.2, -0.15) is 4.72 Å². The maximum atomic E-state index is 12.3. The summed E-state index contributed by atoms with van der Waals surface area (Å²) in [5, 5.41) is 9.09. The van der Waals surface area contributed by atoms with Crippen LogP contribution in [0.1, 0.15) is 26.2 Å². The topological polar surface area (TPSA) is 129 Å². The third-order valence-electron chi connectivity index (χ3n) is 3.14. The molecule has 9 heteroatoms. The van der Waals surface area contributed by atoms with Crippen LogP contribution in [0.15, 0.2) is 32.3 Å². The van der Waals surface area contributed by atoms with Gasteiger partial charge in [0.1, 0.15) is 6.04 Å². The van der Waals surface area contributed by atoms with Crippen LogP contribution in [-0.2, 0) is 14.8 Å². The van der Waals surface area contributed by atoms with Crippen molar-refractivity contribution < 1.29 is 22.7 Å². The van der Waals surface area contributed by atoms with Crippen molar-refractivity contribution in [1.29, 1.82) is 0 Å². The summed E-state index contributed by atoms with van der Waals surface area (Å²) in [5.41, 5.74) is 0.457. The van der Waals surface area contributed by atoms with Gasteiger partial charge < -0.3 is 9.52 Å². The van der Waals surface area contributed by atoms with Gasteiger partial charge in [-0.15, -0.1) is 0 Å². The summed E-state index contributed by atoms with van der Waals surface area (Å²) in [5.74, 6) is -1.92. The van der Waals surface area contributed by atoms with E-state index >= 15 is 0 Å². The number of carboxylic acid groups (broad SMARTS) is 1. The first-order chi connectivity index (χ1) is 10.3. The van der Waals surface area contributed by atoms with Crippen molar-refractivity contribution in [3.05, 3.63) is 28.7 Å². The van der Waals surface area contributed by atoms with E-state index in [4.69, 9.17) is 9.52 Å². The van der Waals surface area contributed by atoms with Crippen molar-refractivity contribution in [3.63, 3.8) is 0 Å². The van der Waals surface area contributed by atoms with E-state index in [1.165, 1.54) is 18.2 Å². The molecule has 22 heavy (non-hydrogen) atoms. The predicted molar refractivity (Wildman–Crippen MR) is 78.1 cm³/mol. The first kappa shape index (κ1) is 16.2. The minimum atomic E-state index is -4.02. The minimum Gasteiger partial charge on any atom is -0.480 e. The molecular formula is C13H16N2O6S. The lowest BCUT2D eigenvalue weighted by Crippen LogP contribution is -2.40. The fourth-order valence-electron chi connectivity index (χ4n) is 1.99. The van der Waals surface area contributed by atoms with Gasteiger partial charge in [0.2, 0.25) is 10.0 Å². The number of hydrogen-bond acceptors (Lipinski definition) is 5. The van der Waals surface area contributed by atoms with E-state index in [1.54, 1.807) is 0 Å². The number of hydrogen-bond donors (Lipinski definition) is 3. The van der Waals surface area contributed by atoms with Gasteiger partial charge in [0, 0.05) is 6.07 Å². The molecule has 8 nitrogen and oxygen atoms in total. The summed E-state index contributed by atoms with van der Waals surface area (Å²) in [6, 6.07) is 2.64. The van der Waals surface area contributed by atoms with Crippen molar-refractivity contribution in [1.82, 2.24) is 9.71 Å². The fourth-order valence-corrected chi connectivity index (χ4v) is 3.23. The molecule has 3 N–H and O–H groups in total. The summed E-state index contributed by atoms with van der Waals surface area (Å²) in [4.78, 5) is 24.4. The van der Waals surface area contributed by atoms with Crippen LogP contribution >= 0.6 is 0 Å². The number of oxazole rings is 1. The zero-order chi connectivity index (χ0) is 16.3. The van der Waals surface area contributed by atoms with Crippen molar-refractivity contribution in [2.24, 2.45) is 0 Å². The number of benzene rings is 1. The Hall–Kier alpha value is -2.13. The SMILES string of the molecule is CCCCC(NS(=O)(=O)c1ccc2[nH]c(=O)oc2c1)C(=O)O. The van der Waals surface area contributed by atoms with E-state index < -0.39 is 27.8 Å². The number of aromatic nitrogens is 1. The zero-order valence-corrected chi connectivity index (χ0v) is 12.6. The lowest BCUT2D eigenvalue weighted by molar-refractivity contribution is -0.139. The lowest BCUT2D eigenvalue weighted by Gasteiger charge is -2.14. The highest BCUT2D eigenvalue weighted by molar-refractivity contribution is 7.89. The van der Waals surface area contributed by atoms with Crippen molar-refractivity contribution in [3.8, 4) is 0 Å². The van der Waals surface area contributed by atoms with E-state index in [1.807, 2.05) is 6.92 Å². The molecule has 1 heterocycles. The second-order valence-electron chi connectivity index (χ2n) is 4.83. The van der Waals surface area contributed by atoms with Crippen molar-refractivity contribution in [2.75, 3.05) is 0 Å². The molecule has 1 aromatic carbocycles. The average Bonchev–Trinajstić information content (AvgIpc) is 2.82. The van der Waals surface area contributed by atoms with Crippen LogP contribution in [-0.4, -0.2) is 30.5 Å². The summed E-state index contributed by atoms with van der Waals surface area (Å²) in [7, 11) is -4.02. The van der Waals surface area contributed by atoms with Crippen LogP contribution in [0.3, 0.4) is 0 Å². The maximum Gasteiger partial charge on any atom is 0.417 e. The molecule has 0 fully saturated rings. The smallest absolute Gasteiger partial charge is 0.417 e. The molecule has 2 aromatic rings. The van der Waals surface area contributed by atoms with Crippen molar-refractivity contribution >= 4 is 27.1 Å². The number of carbonyl (C=O) groups is 1. The normalized spacial score (nSPS) is 13.3. The van der Waals surface area contributed by atoms with Crippen LogP contribution < -0.4 is 10.5 Å². The van der Waals surface area contributed by atoms with Gasteiger partial charge in [0.15, 0.2) is 5.58 Å². The van der Waals surface area contributed by atoms with Gasteiger partial charge >= 0.3 is 11.7 Å². The first-order valence-electron chi connectivity index (χ1n) is 6.71. The highest BCUT2D eigenvalue weighted by atomic mass is 32.2. The first-order valence-corrected chi connectivity index (χ1v) is 8.20. The number of fused-ring (bicyclic) bond motifs is 1. The number of nitrogens with one attached hydrogen (secondary N) is 2. The molecule has 1 unspecified atom stereocenters. The highest BCUT2D eigenvalue weighted by Crippen LogP contribution is 2.17. The van der Waals surface area contributed by atoms with Gasteiger partial charge in [-0.3, -0.25) is 9.78 Å². The minimum absolute atomic E-state index is 0.0910. The Morgan fingerprint density at radius 3 is 2.82 bits per heavy atom. The van der Waals surface area contributed by atoms with Gasteiger partial charge in [-0.05, 0) is 18.6 Å². The molecule has 0 aliphatic carbocycles. The van der Waals surface area contributed by atoms with Gasteiger partial charge in [0.25, 0.3) is 0 Å². The van der Waals surface area contributed by atoms with E-state index in [0.717, 1.165) is 6.42 Å². The van der Waals surface area contributed by atoms with E-state index in [9.17, 15) is 18.0 Å². The Morgan fingerprint density at radius 2 is 2.18 bits per heavy atom. The Bertz CT molecular complexity index is 836. The second-order valence-corrected chi connectivity index (χ2v) is 6.54. The molecule has 1 atom stereocenters.